The first-order valence-corrected chi connectivity index (χ1v) is 8.18. The van der Waals surface area contributed by atoms with E-state index < -0.39 is 18.2 Å². The Hall–Kier alpha value is -2.25. The van der Waals surface area contributed by atoms with Crippen molar-refractivity contribution < 1.29 is 27.5 Å². The zero-order valence-corrected chi connectivity index (χ0v) is 14.5. The van der Waals surface area contributed by atoms with Gasteiger partial charge in [0, 0.05) is 5.56 Å². The van der Waals surface area contributed by atoms with Crippen LogP contribution in [-0.2, 0) is 9.63 Å². The highest BCUT2D eigenvalue weighted by Crippen LogP contribution is 2.37. The van der Waals surface area contributed by atoms with Crippen molar-refractivity contribution in [3.8, 4) is 16.9 Å². The van der Waals surface area contributed by atoms with Crippen molar-refractivity contribution in [3.63, 3.8) is 0 Å². The van der Waals surface area contributed by atoms with E-state index >= 15 is 0 Å². The molecule has 0 bridgehead atoms. The summed E-state index contributed by atoms with van der Waals surface area (Å²) >= 11 is 6.22. The Morgan fingerprint density at radius 2 is 1.81 bits per heavy atom. The van der Waals surface area contributed by atoms with Crippen molar-refractivity contribution in [2.75, 3.05) is 13.1 Å². The molecular formula is C18H15ClF3NO3. The summed E-state index contributed by atoms with van der Waals surface area (Å²) < 4.78 is 42.4. The maximum absolute atomic E-state index is 12.2. The Balaban J connectivity index is 1.67. The molecular weight excluding hydrogens is 371 g/mol. The Morgan fingerprint density at radius 3 is 2.42 bits per heavy atom. The summed E-state index contributed by atoms with van der Waals surface area (Å²) in [6.45, 7) is 1.93. The van der Waals surface area contributed by atoms with Crippen LogP contribution < -0.4 is 4.74 Å². The SMILES string of the molecule is Cc1c(-c2ccccc2)ccc(Cl)c1OC1CN(OC(=O)C(F)(F)F)C1. The summed E-state index contributed by atoms with van der Waals surface area (Å²) in [5, 5.41) is 1.32. The summed E-state index contributed by atoms with van der Waals surface area (Å²) in [5.74, 6) is -1.77. The van der Waals surface area contributed by atoms with Crippen LogP contribution in [0.5, 0.6) is 5.75 Å². The third-order valence-electron chi connectivity index (χ3n) is 3.99. The summed E-state index contributed by atoms with van der Waals surface area (Å²) in [7, 11) is 0. The molecule has 1 heterocycles. The van der Waals surface area contributed by atoms with E-state index in [0.717, 1.165) is 21.8 Å². The minimum Gasteiger partial charge on any atom is -0.486 e. The minimum atomic E-state index is -5.02. The number of hydrogen-bond acceptors (Lipinski definition) is 4. The monoisotopic (exact) mass is 385 g/mol. The van der Waals surface area contributed by atoms with E-state index in [1.54, 1.807) is 6.07 Å². The van der Waals surface area contributed by atoms with Crippen molar-refractivity contribution in [3.05, 3.63) is 53.1 Å². The van der Waals surface area contributed by atoms with E-state index in [1.165, 1.54) is 0 Å². The summed E-state index contributed by atoms with van der Waals surface area (Å²) in [4.78, 5) is 15.0. The van der Waals surface area contributed by atoms with Gasteiger partial charge in [-0.2, -0.15) is 13.2 Å². The highest BCUT2D eigenvalue weighted by molar-refractivity contribution is 6.32. The molecule has 2 aromatic carbocycles. The van der Waals surface area contributed by atoms with Crippen molar-refractivity contribution in [1.82, 2.24) is 5.06 Å². The number of nitrogens with zero attached hydrogens (tertiary/aromatic N) is 1. The molecule has 1 fully saturated rings. The molecule has 0 amide bonds. The van der Waals surface area contributed by atoms with Gasteiger partial charge in [0.15, 0.2) is 0 Å². The Labute approximate surface area is 153 Å². The maximum atomic E-state index is 12.2. The molecule has 0 atom stereocenters. The van der Waals surface area contributed by atoms with Gasteiger partial charge in [0.2, 0.25) is 0 Å². The lowest BCUT2D eigenvalue weighted by molar-refractivity contribution is -0.262. The van der Waals surface area contributed by atoms with Crippen LogP contribution in [0.1, 0.15) is 5.56 Å². The number of ether oxygens (including phenoxy) is 1. The fraction of sp³-hybridized carbons (Fsp3) is 0.278. The Morgan fingerprint density at radius 1 is 1.15 bits per heavy atom. The molecule has 1 saturated heterocycles. The summed E-state index contributed by atoms with van der Waals surface area (Å²) in [6.07, 6.45) is -5.44. The van der Waals surface area contributed by atoms with Crippen LogP contribution in [0, 0.1) is 6.92 Å². The molecule has 4 nitrogen and oxygen atoms in total. The number of carbonyl (C=O) groups is 1. The van der Waals surface area contributed by atoms with Gasteiger partial charge < -0.3 is 9.57 Å². The second kappa shape index (κ2) is 7.17. The largest absolute Gasteiger partial charge is 0.492 e. The van der Waals surface area contributed by atoms with E-state index in [-0.39, 0.29) is 13.1 Å². The van der Waals surface area contributed by atoms with Gasteiger partial charge in [0.25, 0.3) is 0 Å². The molecule has 26 heavy (non-hydrogen) atoms. The van der Waals surface area contributed by atoms with Crippen LogP contribution in [0.4, 0.5) is 13.2 Å². The van der Waals surface area contributed by atoms with Crippen LogP contribution >= 0.6 is 11.6 Å². The predicted octanol–water partition coefficient (Wildman–Crippen LogP) is 4.40. The van der Waals surface area contributed by atoms with E-state index in [1.807, 2.05) is 43.3 Å². The van der Waals surface area contributed by atoms with Crippen molar-refractivity contribution in [1.29, 1.82) is 0 Å². The lowest BCUT2D eigenvalue weighted by Crippen LogP contribution is -2.55. The fourth-order valence-corrected chi connectivity index (χ4v) is 2.87. The van der Waals surface area contributed by atoms with Crippen molar-refractivity contribution >= 4 is 17.6 Å². The Bertz CT molecular complexity index is 805. The molecule has 3 rings (SSSR count). The van der Waals surface area contributed by atoms with E-state index in [4.69, 9.17) is 16.3 Å². The van der Waals surface area contributed by atoms with Crippen LogP contribution in [0.25, 0.3) is 11.1 Å². The van der Waals surface area contributed by atoms with Crippen molar-refractivity contribution in [2.24, 2.45) is 0 Å². The van der Waals surface area contributed by atoms with Crippen LogP contribution in [0.15, 0.2) is 42.5 Å². The first kappa shape index (κ1) is 18.5. The van der Waals surface area contributed by atoms with Gasteiger partial charge in [0.05, 0.1) is 18.1 Å². The van der Waals surface area contributed by atoms with Gasteiger partial charge in [-0.25, -0.2) is 4.79 Å². The first-order chi connectivity index (χ1) is 12.3. The quantitative estimate of drug-likeness (QED) is 0.782. The molecule has 0 aliphatic carbocycles. The van der Waals surface area contributed by atoms with Crippen LogP contribution in [0.3, 0.4) is 0 Å². The molecule has 0 N–H and O–H groups in total. The number of alkyl halides is 3. The van der Waals surface area contributed by atoms with Gasteiger partial charge in [0.1, 0.15) is 11.9 Å². The zero-order chi connectivity index (χ0) is 18.9. The van der Waals surface area contributed by atoms with E-state index in [0.29, 0.717) is 10.8 Å². The minimum absolute atomic E-state index is 0.0349. The second-order valence-corrected chi connectivity index (χ2v) is 6.29. The smallest absolute Gasteiger partial charge is 0.486 e. The van der Waals surface area contributed by atoms with Gasteiger partial charge in [-0.15, -0.1) is 5.06 Å². The topological polar surface area (TPSA) is 38.8 Å². The highest BCUT2D eigenvalue weighted by Gasteiger charge is 2.44. The number of benzene rings is 2. The normalized spacial score (nSPS) is 15.4. The number of halogens is 4. The molecule has 0 radical (unpaired) electrons. The zero-order valence-electron chi connectivity index (χ0n) is 13.7. The maximum Gasteiger partial charge on any atom is 0.492 e. The molecule has 2 aromatic rings. The van der Waals surface area contributed by atoms with Gasteiger partial charge in [-0.3, -0.25) is 0 Å². The van der Waals surface area contributed by atoms with E-state index in [9.17, 15) is 18.0 Å². The molecule has 8 heteroatoms. The standard InChI is InChI=1S/C18H15ClF3NO3/c1-11-14(12-5-3-2-4-6-12)7-8-15(19)16(11)25-13-9-23(10-13)26-17(24)18(20,21)22/h2-8,13H,9-10H2,1H3. The molecule has 0 unspecified atom stereocenters. The molecule has 138 valence electrons. The third kappa shape index (κ3) is 3.94. The van der Waals surface area contributed by atoms with Crippen LogP contribution in [0.2, 0.25) is 5.02 Å². The van der Waals surface area contributed by atoms with Gasteiger partial charge in [-0.1, -0.05) is 48.0 Å². The lowest BCUT2D eigenvalue weighted by Gasteiger charge is -2.37. The lowest BCUT2D eigenvalue weighted by atomic mass is 10.00. The number of rotatable bonds is 4. The number of hydroxylamine groups is 2. The summed E-state index contributed by atoms with van der Waals surface area (Å²) in [6, 6.07) is 13.3. The number of hydrogen-bond donors (Lipinski definition) is 0. The fourth-order valence-electron chi connectivity index (χ4n) is 2.62. The third-order valence-corrected chi connectivity index (χ3v) is 4.28. The second-order valence-electron chi connectivity index (χ2n) is 5.88. The Kier molecular flexibility index (Phi) is 5.11. The molecule has 0 saturated carbocycles. The van der Waals surface area contributed by atoms with Crippen LogP contribution in [-0.4, -0.2) is 36.4 Å². The first-order valence-electron chi connectivity index (χ1n) is 7.81. The van der Waals surface area contributed by atoms with Gasteiger partial charge in [-0.05, 0) is 24.1 Å². The van der Waals surface area contributed by atoms with Gasteiger partial charge >= 0.3 is 12.1 Å². The summed E-state index contributed by atoms with van der Waals surface area (Å²) in [5.41, 5.74) is 2.78. The molecule has 1 aliphatic heterocycles. The van der Waals surface area contributed by atoms with Crippen molar-refractivity contribution in [2.45, 2.75) is 19.2 Å². The molecule has 0 aromatic heterocycles. The average molecular weight is 386 g/mol. The predicted molar refractivity (Wildman–Crippen MR) is 89.8 cm³/mol. The molecule has 0 spiro atoms. The molecule has 1 aliphatic rings. The number of carbonyl (C=O) groups excluding carboxylic acids is 1. The van der Waals surface area contributed by atoms with E-state index in [2.05, 4.69) is 4.84 Å². The highest BCUT2D eigenvalue weighted by atomic mass is 35.5. The average Bonchev–Trinajstić information content (AvgIpc) is 2.55.